The van der Waals surface area contributed by atoms with Crippen molar-refractivity contribution >= 4 is 6.09 Å². The highest BCUT2D eigenvalue weighted by Crippen LogP contribution is 2.15. The molecule has 1 aliphatic rings. The zero-order valence-electron chi connectivity index (χ0n) is 12.4. The van der Waals surface area contributed by atoms with E-state index < -0.39 is 5.60 Å². The molecule has 1 aromatic heterocycles. The van der Waals surface area contributed by atoms with Crippen molar-refractivity contribution in [1.29, 1.82) is 0 Å². The number of hydrogen-bond donors (Lipinski definition) is 1. The molecule has 1 fully saturated rings. The average molecular weight is 277 g/mol. The lowest BCUT2D eigenvalue weighted by Crippen LogP contribution is -2.55. The Labute approximate surface area is 120 Å². The lowest BCUT2D eigenvalue weighted by atomic mass is 10.0. The molecule has 1 N–H and O–H groups in total. The van der Waals surface area contributed by atoms with Crippen LogP contribution in [0.3, 0.4) is 0 Å². The summed E-state index contributed by atoms with van der Waals surface area (Å²) in [7, 11) is 0. The maximum Gasteiger partial charge on any atom is 0.410 e. The molecular formula is C15H23N3O2. The highest BCUT2D eigenvalue weighted by atomic mass is 16.6. The summed E-state index contributed by atoms with van der Waals surface area (Å²) in [5, 5.41) is 3.34. The van der Waals surface area contributed by atoms with Gasteiger partial charge in [-0.25, -0.2) is 4.79 Å². The minimum Gasteiger partial charge on any atom is -0.444 e. The number of nitrogens with one attached hydrogen (secondary N) is 1. The molecule has 2 heterocycles. The van der Waals surface area contributed by atoms with Gasteiger partial charge in [-0.1, -0.05) is 0 Å². The Bertz CT molecular complexity index is 442. The fourth-order valence-electron chi connectivity index (χ4n) is 2.30. The Morgan fingerprint density at radius 3 is 2.80 bits per heavy atom. The lowest BCUT2D eigenvalue weighted by Gasteiger charge is -2.37. The van der Waals surface area contributed by atoms with Crippen LogP contribution in [0.1, 0.15) is 26.3 Å². The predicted octanol–water partition coefficient (Wildman–Crippen LogP) is 1.83. The molecule has 0 aromatic carbocycles. The van der Waals surface area contributed by atoms with E-state index in [2.05, 4.69) is 10.3 Å². The molecule has 2 rings (SSSR count). The number of rotatable bonds is 2. The first-order valence-corrected chi connectivity index (χ1v) is 7.05. The molecule has 0 saturated carbocycles. The summed E-state index contributed by atoms with van der Waals surface area (Å²) in [6, 6.07) is 4.10. The monoisotopic (exact) mass is 277 g/mol. The third-order valence-electron chi connectivity index (χ3n) is 3.20. The molecule has 20 heavy (non-hydrogen) atoms. The van der Waals surface area contributed by atoms with Crippen LogP contribution in [0.25, 0.3) is 0 Å². The third kappa shape index (κ3) is 4.20. The van der Waals surface area contributed by atoms with Gasteiger partial charge in [0.1, 0.15) is 5.60 Å². The number of carbonyl (C=O) groups is 1. The van der Waals surface area contributed by atoms with Crippen LogP contribution < -0.4 is 5.32 Å². The summed E-state index contributed by atoms with van der Waals surface area (Å²) in [6.45, 7) is 7.97. The number of piperazine rings is 1. The molecule has 0 aliphatic carbocycles. The molecule has 5 nitrogen and oxygen atoms in total. The number of carbonyl (C=O) groups excluding carboxylic acids is 1. The Hall–Kier alpha value is -1.62. The van der Waals surface area contributed by atoms with Crippen molar-refractivity contribution in [3.8, 4) is 0 Å². The van der Waals surface area contributed by atoms with Crippen LogP contribution in [-0.4, -0.2) is 47.3 Å². The van der Waals surface area contributed by atoms with Crippen LogP contribution in [0.15, 0.2) is 24.5 Å². The van der Waals surface area contributed by atoms with Gasteiger partial charge in [-0.15, -0.1) is 0 Å². The zero-order chi connectivity index (χ0) is 14.6. The molecule has 0 spiro atoms. The van der Waals surface area contributed by atoms with Gasteiger partial charge in [-0.2, -0.15) is 0 Å². The topological polar surface area (TPSA) is 54.5 Å². The minimum absolute atomic E-state index is 0.126. The van der Waals surface area contributed by atoms with Crippen LogP contribution in [0.5, 0.6) is 0 Å². The molecule has 1 aromatic rings. The summed E-state index contributed by atoms with van der Waals surface area (Å²) < 4.78 is 5.49. The first kappa shape index (κ1) is 14.8. The summed E-state index contributed by atoms with van der Waals surface area (Å²) in [4.78, 5) is 18.1. The van der Waals surface area contributed by atoms with Crippen LogP contribution in [0.2, 0.25) is 0 Å². The predicted molar refractivity (Wildman–Crippen MR) is 77.5 cm³/mol. The molecule has 110 valence electrons. The normalized spacial score (nSPS) is 19.8. The number of pyridine rings is 1. The zero-order valence-corrected chi connectivity index (χ0v) is 12.4. The second-order valence-electron chi connectivity index (χ2n) is 6.09. The Balaban J connectivity index is 2.03. The van der Waals surface area contributed by atoms with E-state index in [4.69, 9.17) is 4.74 Å². The van der Waals surface area contributed by atoms with E-state index in [1.54, 1.807) is 12.4 Å². The largest absolute Gasteiger partial charge is 0.444 e. The van der Waals surface area contributed by atoms with E-state index >= 15 is 0 Å². The quantitative estimate of drug-likeness (QED) is 0.896. The number of aromatic nitrogens is 1. The minimum atomic E-state index is -0.455. The smallest absolute Gasteiger partial charge is 0.410 e. The molecule has 0 bridgehead atoms. The summed E-state index contributed by atoms with van der Waals surface area (Å²) in [6.07, 6.45) is 4.15. The molecular weight excluding hydrogens is 254 g/mol. The molecule has 1 atom stereocenters. The standard InChI is InChI=1S/C15H23N3O2/c1-15(2,3)20-14(19)18-9-8-17-11-13(18)10-12-4-6-16-7-5-12/h4-7,13,17H,8-11H2,1-3H3/t13-/m1/s1. The van der Waals surface area contributed by atoms with Gasteiger partial charge in [-0.3, -0.25) is 4.98 Å². The van der Waals surface area contributed by atoms with Crippen LogP contribution in [0.4, 0.5) is 4.79 Å². The van der Waals surface area contributed by atoms with E-state index in [1.807, 2.05) is 37.8 Å². The summed E-state index contributed by atoms with van der Waals surface area (Å²) >= 11 is 0. The van der Waals surface area contributed by atoms with Gasteiger partial charge in [-0.05, 0) is 44.9 Å². The molecule has 1 amide bonds. The van der Waals surface area contributed by atoms with Gasteiger partial charge < -0.3 is 15.0 Å². The van der Waals surface area contributed by atoms with E-state index in [-0.39, 0.29) is 12.1 Å². The van der Waals surface area contributed by atoms with Gasteiger partial charge in [0.2, 0.25) is 0 Å². The second kappa shape index (κ2) is 6.22. The van der Waals surface area contributed by atoms with Crippen molar-refractivity contribution in [2.75, 3.05) is 19.6 Å². The maximum absolute atomic E-state index is 12.3. The van der Waals surface area contributed by atoms with Crippen molar-refractivity contribution in [3.63, 3.8) is 0 Å². The van der Waals surface area contributed by atoms with Crippen molar-refractivity contribution in [2.24, 2.45) is 0 Å². The lowest BCUT2D eigenvalue weighted by molar-refractivity contribution is 0.0122. The Kier molecular flexibility index (Phi) is 4.60. The number of nitrogens with zero attached hydrogens (tertiary/aromatic N) is 2. The first-order valence-electron chi connectivity index (χ1n) is 7.05. The first-order chi connectivity index (χ1) is 9.46. The van der Waals surface area contributed by atoms with Crippen molar-refractivity contribution < 1.29 is 9.53 Å². The number of ether oxygens (including phenoxy) is 1. The van der Waals surface area contributed by atoms with E-state index in [1.165, 1.54) is 5.56 Å². The molecule has 1 saturated heterocycles. The van der Waals surface area contributed by atoms with Crippen LogP contribution in [0, 0.1) is 0 Å². The maximum atomic E-state index is 12.3. The van der Waals surface area contributed by atoms with Crippen molar-refractivity contribution in [3.05, 3.63) is 30.1 Å². The van der Waals surface area contributed by atoms with Crippen molar-refractivity contribution in [1.82, 2.24) is 15.2 Å². The highest BCUT2D eigenvalue weighted by Gasteiger charge is 2.30. The van der Waals surface area contributed by atoms with Gasteiger partial charge in [0.05, 0.1) is 6.04 Å². The van der Waals surface area contributed by atoms with Gasteiger partial charge in [0.15, 0.2) is 0 Å². The Morgan fingerprint density at radius 2 is 2.15 bits per heavy atom. The van der Waals surface area contributed by atoms with Crippen molar-refractivity contribution in [2.45, 2.75) is 38.8 Å². The van der Waals surface area contributed by atoms with Gasteiger partial charge >= 0.3 is 6.09 Å². The van der Waals surface area contributed by atoms with E-state index in [9.17, 15) is 4.79 Å². The molecule has 0 radical (unpaired) electrons. The van der Waals surface area contributed by atoms with E-state index in [0.717, 1.165) is 19.5 Å². The third-order valence-corrected chi connectivity index (χ3v) is 3.20. The SMILES string of the molecule is CC(C)(C)OC(=O)N1CCNC[C@H]1Cc1ccncc1. The average Bonchev–Trinajstić information content (AvgIpc) is 2.38. The van der Waals surface area contributed by atoms with Gasteiger partial charge in [0.25, 0.3) is 0 Å². The fraction of sp³-hybridized carbons (Fsp3) is 0.600. The fourth-order valence-corrected chi connectivity index (χ4v) is 2.30. The second-order valence-corrected chi connectivity index (χ2v) is 6.09. The summed E-state index contributed by atoms with van der Waals surface area (Å²) in [5.74, 6) is 0. The number of hydrogen-bond acceptors (Lipinski definition) is 4. The molecule has 5 heteroatoms. The van der Waals surface area contributed by atoms with Crippen LogP contribution in [-0.2, 0) is 11.2 Å². The van der Waals surface area contributed by atoms with E-state index in [0.29, 0.717) is 6.54 Å². The highest BCUT2D eigenvalue weighted by molar-refractivity contribution is 5.68. The molecule has 0 unspecified atom stereocenters. The Morgan fingerprint density at radius 1 is 1.45 bits per heavy atom. The van der Waals surface area contributed by atoms with Gasteiger partial charge in [0, 0.05) is 32.0 Å². The molecule has 1 aliphatic heterocycles. The van der Waals surface area contributed by atoms with Crippen LogP contribution >= 0.6 is 0 Å². The summed E-state index contributed by atoms with van der Waals surface area (Å²) in [5.41, 5.74) is 0.727. The number of amides is 1.